The standard InChI is InChI=1S/C16H22N2O3/c1-13(19)18-10-9-17(16(20)8-11-21-2)12-15(18)14-6-4-3-5-7-14/h3-7,15H,8-12H2,1-2H3. The third kappa shape index (κ3) is 3.82. The minimum Gasteiger partial charge on any atom is -0.384 e. The average molecular weight is 290 g/mol. The number of piperazine rings is 1. The maximum Gasteiger partial charge on any atom is 0.225 e. The molecule has 1 aromatic carbocycles. The second kappa shape index (κ2) is 7.22. The second-order valence-electron chi connectivity index (χ2n) is 5.22. The predicted octanol–water partition coefficient (Wildman–Crippen LogP) is 1.45. The molecular formula is C16H22N2O3. The van der Waals surface area contributed by atoms with Gasteiger partial charge in [-0.05, 0) is 5.56 Å². The zero-order valence-corrected chi connectivity index (χ0v) is 12.6. The van der Waals surface area contributed by atoms with E-state index in [2.05, 4.69) is 0 Å². The van der Waals surface area contributed by atoms with Gasteiger partial charge in [0.1, 0.15) is 0 Å². The first-order valence-corrected chi connectivity index (χ1v) is 7.22. The molecule has 0 aromatic heterocycles. The van der Waals surface area contributed by atoms with Crippen molar-refractivity contribution >= 4 is 11.8 Å². The van der Waals surface area contributed by atoms with E-state index in [0.29, 0.717) is 32.7 Å². The number of carbonyl (C=O) groups is 2. The summed E-state index contributed by atoms with van der Waals surface area (Å²) in [5.74, 6) is 0.133. The topological polar surface area (TPSA) is 49.9 Å². The van der Waals surface area contributed by atoms with E-state index in [-0.39, 0.29) is 17.9 Å². The molecule has 1 atom stereocenters. The van der Waals surface area contributed by atoms with E-state index in [9.17, 15) is 9.59 Å². The van der Waals surface area contributed by atoms with E-state index >= 15 is 0 Å². The Balaban J connectivity index is 2.13. The number of methoxy groups -OCH3 is 1. The molecule has 0 bridgehead atoms. The summed E-state index contributed by atoms with van der Waals surface area (Å²) in [7, 11) is 1.59. The SMILES string of the molecule is COCCC(=O)N1CCN(C(C)=O)C(c2ccccc2)C1. The first kappa shape index (κ1) is 15.5. The van der Waals surface area contributed by atoms with Crippen LogP contribution in [0.25, 0.3) is 0 Å². The highest BCUT2D eigenvalue weighted by molar-refractivity contribution is 5.78. The Bertz CT molecular complexity index is 490. The summed E-state index contributed by atoms with van der Waals surface area (Å²) in [5.41, 5.74) is 1.07. The third-order valence-electron chi connectivity index (χ3n) is 3.84. The number of carbonyl (C=O) groups excluding carboxylic acids is 2. The normalized spacial score (nSPS) is 18.7. The Kier molecular flexibility index (Phi) is 5.33. The summed E-state index contributed by atoms with van der Waals surface area (Å²) >= 11 is 0. The molecule has 1 unspecified atom stereocenters. The highest BCUT2D eigenvalue weighted by Gasteiger charge is 2.31. The van der Waals surface area contributed by atoms with Gasteiger partial charge in [-0.2, -0.15) is 0 Å². The van der Waals surface area contributed by atoms with Crippen LogP contribution in [0.2, 0.25) is 0 Å². The minimum absolute atomic E-state index is 0.0489. The van der Waals surface area contributed by atoms with E-state index in [4.69, 9.17) is 4.74 Å². The monoisotopic (exact) mass is 290 g/mol. The number of amides is 2. The Morgan fingerprint density at radius 3 is 2.57 bits per heavy atom. The molecule has 1 aliphatic heterocycles. The highest BCUT2D eigenvalue weighted by Crippen LogP contribution is 2.25. The zero-order chi connectivity index (χ0) is 15.2. The van der Waals surface area contributed by atoms with Crippen molar-refractivity contribution in [3.63, 3.8) is 0 Å². The van der Waals surface area contributed by atoms with E-state index in [0.717, 1.165) is 5.56 Å². The highest BCUT2D eigenvalue weighted by atomic mass is 16.5. The number of ether oxygens (including phenoxy) is 1. The van der Waals surface area contributed by atoms with Crippen molar-refractivity contribution in [2.45, 2.75) is 19.4 Å². The Labute approximate surface area is 125 Å². The molecule has 5 nitrogen and oxygen atoms in total. The van der Waals surface area contributed by atoms with Crippen LogP contribution in [0, 0.1) is 0 Å². The van der Waals surface area contributed by atoms with Crippen molar-refractivity contribution in [3.05, 3.63) is 35.9 Å². The maximum absolute atomic E-state index is 12.2. The maximum atomic E-state index is 12.2. The van der Waals surface area contributed by atoms with Gasteiger partial charge in [0.2, 0.25) is 11.8 Å². The number of rotatable bonds is 4. The molecular weight excluding hydrogens is 268 g/mol. The lowest BCUT2D eigenvalue weighted by atomic mass is 10.0. The van der Waals surface area contributed by atoms with Crippen LogP contribution in [0.1, 0.15) is 24.9 Å². The summed E-state index contributed by atoms with van der Waals surface area (Å²) < 4.78 is 4.96. The first-order chi connectivity index (χ1) is 10.1. The van der Waals surface area contributed by atoms with Gasteiger partial charge < -0.3 is 14.5 Å². The molecule has 2 rings (SSSR count). The molecule has 1 aliphatic rings. The largest absolute Gasteiger partial charge is 0.384 e. The Morgan fingerprint density at radius 1 is 1.24 bits per heavy atom. The minimum atomic E-state index is -0.0658. The van der Waals surface area contributed by atoms with Gasteiger partial charge in [0.25, 0.3) is 0 Å². The van der Waals surface area contributed by atoms with Crippen molar-refractivity contribution < 1.29 is 14.3 Å². The fraction of sp³-hybridized carbons (Fsp3) is 0.500. The van der Waals surface area contributed by atoms with E-state index in [1.165, 1.54) is 0 Å². The smallest absolute Gasteiger partial charge is 0.225 e. The van der Waals surface area contributed by atoms with Gasteiger partial charge in [-0.15, -0.1) is 0 Å². The molecule has 0 N–H and O–H groups in total. The molecule has 1 heterocycles. The summed E-state index contributed by atoms with van der Waals surface area (Å²) in [6.07, 6.45) is 0.387. The van der Waals surface area contributed by atoms with Crippen LogP contribution in [0.5, 0.6) is 0 Å². The van der Waals surface area contributed by atoms with Crippen LogP contribution in [0.3, 0.4) is 0 Å². The Morgan fingerprint density at radius 2 is 1.95 bits per heavy atom. The first-order valence-electron chi connectivity index (χ1n) is 7.22. The summed E-state index contributed by atoms with van der Waals surface area (Å²) in [6.45, 7) is 3.73. The van der Waals surface area contributed by atoms with Crippen LogP contribution in [0.15, 0.2) is 30.3 Å². The summed E-state index contributed by atoms with van der Waals surface area (Å²) in [4.78, 5) is 27.7. The quantitative estimate of drug-likeness (QED) is 0.843. The fourth-order valence-corrected chi connectivity index (χ4v) is 2.69. The molecule has 0 spiro atoms. The van der Waals surface area contributed by atoms with Crippen molar-refractivity contribution in [2.24, 2.45) is 0 Å². The number of hydrogen-bond acceptors (Lipinski definition) is 3. The van der Waals surface area contributed by atoms with E-state index in [1.807, 2.05) is 40.1 Å². The van der Waals surface area contributed by atoms with Gasteiger partial charge >= 0.3 is 0 Å². The number of hydrogen-bond donors (Lipinski definition) is 0. The van der Waals surface area contributed by atoms with Gasteiger partial charge in [-0.25, -0.2) is 0 Å². The van der Waals surface area contributed by atoms with Crippen LogP contribution in [0.4, 0.5) is 0 Å². The van der Waals surface area contributed by atoms with Crippen LogP contribution >= 0.6 is 0 Å². The molecule has 5 heteroatoms. The lowest BCUT2D eigenvalue weighted by molar-refractivity contribution is -0.142. The lowest BCUT2D eigenvalue weighted by Gasteiger charge is -2.41. The molecule has 0 saturated carbocycles. The van der Waals surface area contributed by atoms with Gasteiger partial charge in [0.05, 0.1) is 19.1 Å². The summed E-state index contributed by atoms with van der Waals surface area (Å²) in [5, 5.41) is 0. The average Bonchev–Trinajstić information content (AvgIpc) is 2.52. The molecule has 1 fully saturated rings. The zero-order valence-electron chi connectivity index (χ0n) is 12.6. The van der Waals surface area contributed by atoms with Crippen molar-refractivity contribution in [1.82, 2.24) is 9.80 Å². The van der Waals surface area contributed by atoms with Gasteiger partial charge in [0.15, 0.2) is 0 Å². The van der Waals surface area contributed by atoms with Crippen LogP contribution in [-0.4, -0.2) is 55.0 Å². The van der Waals surface area contributed by atoms with Gasteiger partial charge in [-0.3, -0.25) is 9.59 Å². The second-order valence-corrected chi connectivity index (χ2v) is 5.22. The van der Waals surface area contributed by atoms with E-state index in [1.54, 1.807) is 14.0 Å². The summed E-state index contributed by atoms with van der Waals surface area (Å²) in [6, 6.07) is 9.81. The Hall–Kier alpha value is -1.88. The molecule has 0 radical (unpaired) electrons. The predicted molar refractivity (Wildman–Crippen MR) is 79.6 cm³/mol. The molecule has 1 aromatic rings. The number of nitrogens with zero attached hydrogens (tertiary/aromatic N) is 2. The van der Waals surface area contributed by atoms with Crippen molar-refractivity contribution in [3.8, 4) is 0 Å². The van der Waals surface area contributed by atoms with Gasteiger partial charge in [0, 0.05) is 33.7 Å². The molecule has 114 valence electrons. The lowest BCUT2D eigenvalue weighted by Crippen LogP contribution is -2.51. The molecule has 2 amide bonds. The van der Waals surface area contributed by atoms with Crippen LogP contribution < -0.4 is 0 Å². The molecule has 21 heavy (non-hydrogen) atoms. The fourth-order valence-electron chi connectivity index (χ4n) is 2.69. The number of benzene rings is 1. The molecule has 1 saturated heterocycles. The van der Waals surface area contributed by atoms with Crippen molar-refractivity contribution in [2.75, 3.05) is 33.4 Å². The van der Waals surface area contributed by atoms with Gasteiger partial charge in [-0.1, -0.05) is 30.3 Å². The van der Waals surface area contributed by atoms with Crippen molar-refractivity contribution in [1.29, 1.82) is 0 Å². The van der Waals surface area contributed by atoms with E-state index < -0.39 is 0 Å². The van der Waals surface area contributed by atoms with Crippen LogP contribution in [-0.2, 0) is 14.3 Å². The molecule has 0 aliphatic carbocycles. The third-order valence-corrected chi connectivity index (χ3v) is 3.84.